The fraction of sp³-hybridized carbons (Fsp3) is 0.500. The highest BCUT2D eigenvalue weighted by molar-refractivity contribution is 6.74. The Hall–Kier alpha value is -1.50. The van der Waals surface area contributed by atoms with Crippen LogP contribution in [0.4, 0.5) is 13.2 Å². The quantitative estimate of drug-likeness (QED) is 0.815. The second kappa shape index (κ2) is 5.36. The molecule has 0 amide bonds. The predicted molar refractivity (Wildman–Crippen MR) is 76.2 cm³/mol. The van der Waals surface area contributed by atoms with Gasteiger partial charge in [-0.3, -0.25) is 0 Å². The molecule has 1 N–H and O–H groups in total. The van der Waals surface area contributed by atoms with Gasteiger partial charge in [0.2, 0.25) is 8.32 Å². The Kier molecular flexibility index (Phi) is 4.48. The molecule has 21 heavy (non-hydrogen) atoms. The van der Waals surface area contributed by atoms with Gasteiger partial charge in [0.05, 0.1) is 11.1 Å². The van der Waals surface area contributed by atoms with E-state index in [2.05, 4.69) is 0 Å². The van der Waals surface area contributed by atoms with Crippen molar-refractivity contribution in [2.45, 2.75) is 45.1 Å². The van der Waals surface area contributed by atoms with E-state index in [0.717, 1.165) is 12.1 Å². The molecule has 0 atom stereocenters. The molecule has 1 aromatic rings. The first-order chi connectivity index (χ1) is 9.24. The summed E-state index contributed by atoms with van der Waals surface area (Å²) in [5, 5.41) is 8.74. The number of rotatable bonds is 3. The van der Waals surface area contributed by atoms with Gasteiger partial charge in [0.1, 0.15) is 5.75 Å². The van der Waals surface area contributed by atoms with Crippen LogP contribution in [-0.4, -0.2) is 19.4 Å². The Bertz CT molecular complexity index is 545. The molecular formula is C14H19F3O3Si. The molecule has 0 aliphatic carbocycles. The van der Waals surface area contributed by atoms with Crippen molar-refractivity contribution in [1.82, 2.24) is 0 Å². The van der Waals surface area contributed by atoms with E-state index < -0.39 is 31.6 Å². The third kappa shape index (κ3) is 4.23. The van der Waals surface area contributed by atoms with Gasteiger partial charge in [-0.25, -0.2) is 4.79 Å². The summed E-state index contributed by atoms with van der Waals surface area (Å²) in [5.41, 5.74) is -1.45. The van der Waals surface area contributed by atoms with E-state index in [9.17, 15) is 18.0 Å². The lowest BCUT2D eigenvalue weighted by atomic mass is 10.1. The predicted octanol–water partition coefficient (Wildman–Crippen LogP) is 4.79. The summed E-state index contributed by atoms with van der Waals surface area (Å²) in [6, 6.07) is 2.60. The first-order valence-corrected chi connectivity index (χ1v) is 9.29. The van der Waals surface area contributed by atoms with Crippen LogP contribution in [0.3, 0.4) is 0 Å². The number of hydrogen-bond acceptors (Lipinski definition) is 2. The van der Waals surface area contributed by atoms with Crippen LogP contribution in [0.15, 0.2) is 18.2 Å². The topological polar surface area (TPSA) is 46.5 Å². The normalized spacial score (nSPS) is 13.1. The van der Waals surface area contributed by atoms with Crippen molar-refractivity contribution in [3.63, 3.8) is 0 Å². The summed E-state index contributed by atoms with van der Waals surface area (Å²) in [6.07, 6.45) is -4.61. The van der Waals surface area contributed by atoms with E-state index in [4.69, 9.17) is 9.53 Å². The molecule has 0 bridgehead atoms. The minimum atomic E-state index is -4.61. The highest BCUT2D eigenvalue weighted by atomic mass is 28.4. The van der Waals surface area contributed by atoms with Crippen LogP contribution in [0.2, 0.25) is 18.1 Å². The number of aromatic carboxylic acids is 1. The highest BCUT2D eigenvalue weighted by Crippen LogP contribution is 2.39. The molecular weight excluding hydrogens is 301 g/mol. The van der Waals surface area contributed by atoms with Gasteiger partial charge in [-0.2, -0.15) is 13.2 Å². The maximum Gasteiger partial charge on any atom is 0.416 e. The van der Waals surface area contributed by atoms with Gasteiger partial charge in [-0.1, -0.05) is 20.8 Å². The van der Waals surface area contributed by atoms with Gasteiger partial charge >= 0.3 is 12.1 Å². The Morgan fingerprint density at radius 1 is 1.14 bits per heavy atom. The minimum Gasteiger partial charge on any atom is -0.543 e. The fourth-order valence-electron chi connectivity index (χ4n) is 1.39. The summed E-state index contributed by atoms with van der Waals surface area (Å²) in [4.78, 5) is 11.0. The minimum absolute atomic E-state index is 0.0474. The molecule has 0 saturated heterocycles. The van der Waals surface area contributed by atoms with Gasteiger partial charge in [0.25, 0.3) is 0 Å². The SMILES string of the molecule is CC(C)(C)[Si](C)(C)Oc1cc(C(=O)O)cc(C(F)(F)F)c1. The Labute approximate surface area is 122 Å². The first kappa shape index (κ1) is 17.5. The van der Waals surface area contributed by atoms with E-state index in [-0.39, 0.29) is 10.8 Å². The molecule has 1 aromatic carbocycles. The molecule has 0 aliphatic heterocycles. The molecule has 0 fully saturated rings. The molecule has 7 heteroatoms. The van der Waals surface area contributed by atoms with Crippen LogP contribution in [0, 0.1) is 0 Å². The van der Waals surface area contributed by atoms with Crippen molar-refractivity contribution in [2.75, 3.05) is 0 Å². The average Bonchev–Trinajstić information content (AvgIpc) is 2.24. The summed E-state index contributed by atoms with van der Waals surface area (Å²) in [6.45, 7) is 9.61. The summed E-state index contributed by atoms with van der Waals surface area (Å²) >= 11 is 0. The second-order valence-electron chi connectivity index (χ2n) is 6.41. The molecule has 0 radical (unpaired) electrons. The molecule has 0 aromatic heterocycles. The van der Waals surface area contributed by atoms with Crippen LogP contribution < -0.4 is 4.43 Å². The molecule has 3 nitrogen and oxygen atoms in total. The van der Waals surface area contributed by atoms with E-state index in [1.807, 2.05) is 33.9 Å². The lowest BCUT2D eigenvalue weighted by Crippen LogP contribution is -2.43. The standard InChI is InChI=1S/C14H19F3O3Si/c1-13(2,3)21(4,5)20-11-7-9(12(18)19)6-10(8-11)14(15,16)17/h6-8H,1-5H3,(H,18,19). The van der Waals surface area contributed by atoms with E-state index in [1.54, 1.807) is 0 Å². The Morgan fingerprint density at radius 2 is 1.67 bits per heavy atom. The van der Waals surface area contributed by atoms with Crippen molar-refractivity contribution in [2.24, 2.45) is 0 Å². The molecule has 1 rings (SSSR count). The molecule has 0 aliphatic rings. The average molecular weight is 320 g/mol. The monoisotopic (exact) mass is 320 g/mol. The second-order valence-corrected chi connectivity index (χ2v) is 11.1. The molecule has 118 valence electrons. The van der Waals surface area contributed by atoms with Crippen LogP contribution in [0.25, 0.3) is 0 Å². The van der Waals surface area contributed by atoms with Gasteiger partial charge in [0, 0.05) is 0 Å². The molecule has 0 unspecified atom stereocenters. The Morgan fingerprint density at radius 3 is 2.05 bits per heavy atom. The largest absolute Gasteiger partial charge is 0.543 e. The number of alkyl halides is 3. The first-order valence-electron chi connectivity index (χ1n) is 6.38. The number of carboxylic acids is 1. The van der Waals surface area contributed by atoms with E-state index in [1.165, 1.54) is 0 Å². The fourth-order valence-corrected chi connectivity index (χ4v) is 2.41. The van der Waals surface area contributed by atoms with Gasteiger partial charge in [0.15, 0.2) is 0 Å². The van der Waals surface area contributed by atoms with Crippen LogP contribution >= 0.6 is 0 Å². The van der Waals surface area contributed by atoms with Crippen LogP contribution in [0.5, 0.6) is 5.75 Å². The lowest BCUT2D eigenvalue weighted by molar-refractivity contribution is -0.137. The zero-order valence-corrected chi connectivity index (χ0v) is 13.6. The molecule has 0 saturated carbocycles. The highest BCUT2D eigenvalue weighted by Gasteiger charge is 2.40. The maximum absolute atomic E-state index is 12.8. The Balaban J connectivity index is 3.31. The maximum atomic E-state index is 12.8. The van der Waals surface area contributed by atoms with Crippen LogP contribution in [0.1, 0.15) is 36.7 Å². The molecule has 0 heterocycles. The van der Waals surface area contributed by atoms with Crippen molar-refractivity contribution < 1.29 is 27.5 Å². The van der Waals surface area contributed by atoms with Crippen molar-refractivity contribution >= 4 is 14.3 Å². The number of benzene rings is 1. The smallest absolute Gasteiger partial charge is 0.416 e. The van der Waals surface area contributed by atoms with Gasteiger partial charge in [-0.15, -0.1) is 0 Å². The zero-order valence-electron chi connectivity index (χ0n) is 12.6. The van der Waals surface area contributed by atoms with Crippen molar-refractivity contribution in [1.29, 1.82) is 0 Å². The van der Waals surface area contributed by atoms with Gasteiger partial charge < -0.3 is 9.53 Å². The summed E-state index contributed by atoms with van der Waals surface area (Å²) in [7, 11) is -2.35. The number of halogens is 3. The number of carbonyl (C=O) groups is 1. The molecule has 0 spiro atoms. The van der Waals surface area contributed by atoms with Crippen LogP contribution in [-0.2, 0) is 6.18 Å². The zero-order chi connectivity index (χ0) is 16.6. The number of carboxylic acid groups (broad SMARTS) is 1. The summed E-state index contributed by atoms with van der Waals surface area (Å²) < 4.78 is 44.3. The lowest BCUT2D eigenvalue weighted by Gasteiger charge is -2.36. The van der Waals surface area contributed by atoms with Gasteiger partial charge in [-0.05, 0) is 36.3 Å². The van der Waals surface area contributed by atoms with Crippen molar-refractivity contribution in [3.8, 4) is 5.75 Å². The number of hydrogen-bond donors (Lipinski definition) is 1. The third-order valence-corrected chi connectivity index (χ3v) is 8.02. The van der Waals surface area contributed by atoms with E-state index in [0.29, 0.717) is 6.07 Å². The van der Waals surface area contributed by atoms with E-state index >= 15 is 0 Å². The third-order valence-electron chi connectivity index (χ3n) is 3.66. The summed E-state index contributed by atoms with van der Waals surface area (Å²) in [5.74, 6) is -1.46. The van der Waals surface area contributed by atoms with Crippen molar-refractivity contribution in [3.05, 3.63) is 29.3 Å².